The summed E-state index contributed by atoms with van der Waals surface area (Å²) < 4.78 is 279. The molecule has 6 rings (SSSR count). The highest BCUT2D eigenvalue weighted by Crippen LogP contribution is 2.54. The third kappa shape index (κ3) is 15.3. The van der Waals surface area contributed by atoms with E-state index in [2.05, 4.69) is 0 Å². The molecule has 84 heavy (non-hydrogen) atoms. The van der Waals surface area contributed by atoms with Crippen molar-refractivity contribution >= 4 is 145 Å². The first-order valence-electron chi connectivity index (χ1n) is 22.9. The van der Waals surface area contributed by atoms with E-state index in [0.717, 1.165) is 171 Å². The summed E-state index contributed by atoms with van der Waals surface area (Å²) >= 11 is 0. The van der Waals surface area contributed by atoms with E-state index in [-0.39, 0.29) is 0 Å². The molecule has 0 aliphatic carbocycles. The molecule has 0 aromatic heterocycles. The van der Waals surface area contributed by atoms with Gasteiger partial charge in [0.1, 0.15) is 0 Å². The van der Waals surface area contributed by atoms with Gasteiger partial charge in [-0.15, -0.1) is 0 Å². The largest absolute Gasteiger partial charge is 0.673 e. The van der Waals surface area contributed by atoms with Gasteiger partial charge in [-0.3, -0.25) is 0 Å². The summed E-state index contributed by atoms with van der Waals surface area (Å²) in [5.41, 5.74) is 0. The predicted molar refractivity (Wildman–Crippen MR) is 282 cm³/mol. The zero-order valence-corrected chi connectivity index (χ0v) is 66.0. The van der Waals surface area contributed by atoms with Crippen LogP contribution in [-0.4, -0.2) is 315 Å². The molecule has 0 N–H and O–H groups in total. The first kappa shape index (κ1) is 76.4. The van der Waals surface area contributed by atoms with Gasteiger partial charge >= 0.3 is 145 Å². The molecule has 6 aliphatic heterocycles. The third-order valence-electron chi connectivity index (χ3n) is 11.0. The van der Waals surface area contributed by atoms with Gasteiger partial charge in [0.05, 0.1) is 0 Å². The fourth-order valence-corrected chi connectivity index (χ4v) is 69.6. The molecule has 496 valence electrons. The maximum absolute atomic E-state index is 7.13. The Bertz CT molecular complexity index is 1500. The standard InChI is InChI=1S/C24H72O44Si16/c1-25-69(26-2,27-3)49-77-57-78(50-70(28-4,29-5)30-6)60-81(53-73(37-13,38-14)39-15)62-79(58-77,51-71(31-7,32-8)33-9)64-83(55-75(43-19,44-20)45-21)65-80(59-77,52-72(34-10,35-11)36-12)63-82(61-78,54-74(40-16,41-17)42-18)67-84(66-81,68-83)56-76(46-22,47-23)48-24/h1-24H3. The van der Waals surface area contributed by atoms with Gasteiger partial charge in [-0.25, -0.2) is 0 Å². The van der Waals surface area contributed by atoms with Crippen LogP contribution in [0.15, 0.2) is 0 Å². The Morgan fingerprint density at radius 1 is 0.131 bits per heavy atom. The summed E-state index contributed by atoms with van der Waals surface area (Å²) in [5, 5.41) is 0. The Balaban J connectivity index is 2.32. The van der Waals surface area contributed by atoms with Crippen molar-refractivity contribution in [3.63, 3.8) is 0 Å². The summed E-state index contributed by atoms with van der Waals surface area (Å²) in [4.78, 5) is 0. The van der Waals surface area contributed by atoms with Gasteiger partial charge in [-0.2, -0.15) is 0 Å². The molecule has 44 nitrogen and oxygen atoms in total. The molecule has 0 radical (unpaired) electrons. The molecule has 0 unspecified atom stereocenters. The van der Waals surface area contributed by atoms with Gasteiger partial charge in [-0.1, -0.05) is 0 Å². The van der Waals surface area contributed by atoms with Crippen LogP contribution in [0.5, 0.6) is 0 Å². The first-order valence-corrected chi connectivity index (χ1v) is 49.0. The fraction of sp³-hybridized carbons (Fsp3) is 1.00. The minimum atomic E-state index is -6.48. The van der Waals surface area contributed by atoms with Crippen LogP contribution >= 0.6 is 0 Å². The molecule has 0 spiro atoms. The van der Waals surface area contributed by atoms with Crippen LogP contribution in [-0.2, 0) is 189 Å². The van der Waals surface area contributed by atoms with Crippen molar-refractivity contribution in [2.24, 2.45) is 0 Å². The van der Waals surface area contributed by atoms with Crippen LogP contribution in [0.2, 0.25) is 0 Å². The van der Waals surface area contributed by atoms with Gasteiger partial charge in [0.2, 0.25) is 0 Å². The second kappa shape index (κ2) is 29.6. The molecular weight excluding hydrogens is 1440 g/mol. The Morgan fingerprint density at radius 3 is 0.238 bits per heavy atom. The third-order valence-corrected chi connectivity index (χ3v) is 63.0. The van der Waals surface area contributed by atoms with Crippen molar-refractivity contribution in [2.75, 3.05) is 171 Å². The summed E-state index contributed by atoms with van der Waals surface area (Å²) in [6.07, 6.45) is 0. The normalized spacial score (nSPS) is 31.7. The lowest BCUT2D eigenvalue weighted by atomic mass is 11.8. The van der Waals surface area contributed by atoms with Crippen molar-refractivity contribution < 1.29 is 189 Å². The van der Waals surface area contributed by atoms with Crippen molar-refractivity contribution in [3.8, 4) is 0 Å². The van der Waals surface area contributed by atoms with E-state index in [1.807, 2.05) is 0 Å². The topological polar surface area (TPSA) is 406 Å². The highest BCUT2D eigenvalue weighted by Gasteiger charge is 2.96. The average molecular weight is 1510 g/mol. The van der Waals surface area contributed by atoms with Crippen LogP contribution in [0.25, 0.3) is 0 Å². The van der Waals surface area contributed by atoms with E-state index < -0.39 is 145 Å². The van der Waals surface area contributed by atoms with Crippen LogP contribution in [0, 0.1) is 0 Å². The molecular formula is C24H72O44Si16. The van der Waals surface area contributed by atoms with E-state index in [9.17, 15) is 0 Å². The molecule has 6 aliphatic rings. The molecule has 0 amide bonds. The molecule has 0 aromatic rings. The number of hydrogen-bond donors (Lipinski definition) is 0. The summed E-state index contributed by atoms with van der Waals surface area (Å²) in [6.45, 7) is 0. The van der Waals surface area contributed by atoms with Crippen LogP contribution in [0.3, 0.4) is 0 Å². The van der Waals surface area contributed by atoms with Crippen LogP contribution in [0.4, 0.5) is 0 Å². The number of hydrogen-bond acceptors (Lipinski definition) is 44. The van der Waals surface area contributed by atoms with E-state index in [4.69, 9.17) is 189 Å². The Morgan fingerprint density at radius 2 is 0.190 bits per heavy atom. The van der Waals surface area contributed by atoms with Gasteiger partial charge < -0.3 is 189 Å². The Labute approximate surface area is 501 Å². The van der Waals surface area contributed by atoms with E-state index in [0.29, 0.717) is 0 Å². The van der Waals surface area contributed by atoms with Crippen molar-refractivity contribution in [1.82, 2.24) is 0 Å². The summed E-state index contributed by atoms with van der Waals surface area (Å²) in [7, 11) is -66.2. The molecule has 6 fully saturated rings. The maximum atomic E-state index is 7.13. The van der Waals surface area contributed by atoms with Gasteiger partial charge in [0.25, 0.3) is 0 Å². The zero-order valence-electron chi connectivity index (χ0n) is 50.0. The minimum absolute atomic E-state index is 1.08. The quantitative estimate of drug-likeness (QED) is 0.0518. The van der Waals surface area contributed by atoms with Crippen molar-refractivity contribution in [2.45, 2.75) is 0 Å². The highest BCUT2D eigenvalue weighted by atomic mass is 28.7. The molecule has 0 aromatic carbocycles. The lowest BCUT2D eigenvalue weighted by Gasteiger charge is -2.59. The fourth-order valence-electron chi connectivity index (χ4n) is 7.06. The van der Waals surface area contributed by atoms with Crippen LogP contribution < -0.4 is 0 Å². The van der Waals surface area contributed by atoms with E-state index in [1.165, 1.54) is 0 Å². The lowest BCUT2D eigenvalue weighted by Crippen LogP contribution is -2.94. The van der Waals surface area contributed by atoms with Crippen molar-refractivity contribution in [1.29, 1.82) is 0 Å². The minimum Gasteiger partial charge on any atom is -0.355 e. The Hall–Kier alpha value is 1.71. The molecule has 0 saturated carbocycles. The predicted octanol–water partition coefficient (Wildman–Crippen LogP) is -5.13. The molecule has 60 heteroatoms. The number of rotatable bonds is 40. The summed E-state index contributed by atoms with van der Waals surface area (Å²) in [5.74, 6) is 0. The van der Waals surface area contributed by atoms with Gasteiger partial charge in [-0.05, 0) is 0 Å². The SMILES string of the molecule is CO[Si](OC)(OC)O[Si]12O[Si]3(O[Si](OC)(OC)OC)O[Si]4(O[Si](OC)(OC)OC)O[Si](O[Si](OC)(OC)OC)(O1)O[Si]1(O[Si](OC)(OC)OC)O[Si](O[Si](OC)(OC)OC)(O2)O[Si](O[Si](OC)(OC)OC)(O3)O[Si](O[Si](OC)(OC)OC)(O4)O1. The van der Waals surface area contributed by atoms with E-state index in [1.54, 1.807) is 0 Å². The monoisotopic (exact) mass is 1510 g/mol. The molecule has 8 bridgehead atoms. The van der Waals surface area contributed by atoms with Gasteiger partial charge in [0, 0.05) is 171 Å². The zero-order chi connectivity index (χ0) is 63.1. The first-order chi connectivity index (χ1) is 39.6. The van der Waals surface area contributed by atoms with E-state index >= 15 is 0 Å². The highest BCUT2D eigenvalue weighted by molar-refractivity contribution is 7.02. The maximum Gasteiger partial charge on any atom is 0.673 e. The van der Waals surface area contributed by atoms with Crippen molar-refractivity contribution in [3.05, 3.63) is 0 Å². The second-order valence-electron chi connectivity index (χ2n) is 14.9. The molecule has 0 atom stereocenters. The molecule has 6 saturated heterocycles. The lowest BCUT2D eigenvalue weighted by molar-refractivity contribution is -0.158. The second-order valence-corrected chi connectivity index (χ2v) is 57.1. The average Bonchev–Trinajstić information content (AvgIpc) is 1.87. The Kier molecular flexibility index (Phi) is 26.9. The summed E-state index contributed by atoms with van der Waals surface area (Å²) in [6, 6.07) is 0. The smallest absolute Gasteiger partial charge is 0.355 e. The molecule has 6 heterocycles. The van der Waals surface area contributed by atoms with Crippen LogP contribution in [0.1, 0.15) is 0 Å². The van der Waals surface area contributed by atoms with Gasteiger partial charge in [0.15, 0.2) is 0 Å².